The molecule has 1 aliphatic heterocycles. The van der Waals surface area contributed by atoms with Gasteiger partial charge in [-0.15, -0.1) is 0 Å². The second kappa shape index (κ2) is 6.92. The van der Waals surface area contributed by atoms with Crippen molar-refractivity contribution in [3.63, 3.8) is 0 Å². The molecule has 1 fully saturated rings. The first-order chi connectivity index (χ1) is 9.24. The second-order valence-corrected chi connectivity index (χ2v) is 6.46. The third-order valence-corrected chi connectivity index (χ3v) is 3.45. The van der Waals surface area contributed by atoms with E-state index in [9.17, 15) is 4.79 Å². The summed E-state index contributed by atoms with van der Waals surface area (Å²) in [7, 11) is 0. The van der Waals surface area contributed by atoms with Crippen LogP contribution in [0.3, 0.4) is 0 Å². The molecule has 116 valence electrons. The monoisotopic (exact) mass is 283 g/mol. The van der Waals surface area contributed by atoms with E-state index in [1.54, 1.807) is 0 Å². The van der Waals surface area contributed by atoms with Crippen LogP contribution in [0.15, 0.2) is 0 Å². The minimum absolute atomic E-state index is 0.00739. The smallest absolute Gasteiger partial charge is 0.317 e. The minimum atomic E-state index is -0.210. The summed E-state index contributed by atoms with van der Waals surface area (Å²) in [5.41, 5.74) is 5.47. The molecule has 4 N–H and O–H groups in total. The third-order valence-electron chi connectivity index (χ3n) is 3.45. The van der Waals surface area contributed by atoms with Crippen molar-refractivity contribution in [1.29, 1.82) is 5.41 Å². The molecule has 0 aromatic rings. The van der Waals surface area contributed by atoms with Crippen LogP contribution >= 0.6 is 0 Å². The van der Waals surface area contributed by atoms with Crippen molar-refractivity contribution < 1.29 is 4.79 Å². The number of rotatable bonds is 4. The minimum Gasteiger partial charge on any atom is -0.386 e. The highest BCUT2D eigenvalue weighted by Crippen LogP contribution is 2.12. The summed E-state index contributed by atoms with van der Waals surface area (Å²) >= 11 is 0. The zero-order valence-electron chi connectivity index (χ0n) is 13.2. The Bertz CT molecular complexity index is 342. The van der Waals surface area contributed by atoms with E-state index < -0.39 is 0 Å². The number of amides is 2. The molecule has 2 amide bonds. The average Bonchev–Trinajstić information content (AvgIpc) is 2.33. The Labute approximate surface area is 122 Å². The maximum absolute atomic E-state index is 12.1. The second-order valence-electron chi connectivity index (χ2n) is 6.46. The van der Waals surface area contributed by atoms with Crippen LogP contribution < -0.4 is 11.1 Å². The molecule has 0 aromatic carbocycles. The van der Waals surface area contributed by atoms with Gasteiger partial charge in [0.1, 0.15) is 5.84 Å². The van der Waals surface area contributed by atoms with Gasteiger partial charge in [0.15, 0.2) is 0 Å². The molecule has 1 atom stereocenters. The molecular weight excluding hydrogens is 254 g/mol. The Hall–Kier alpha value is -1.30. The van der Waals surface area contributed by atoms with E-state index in [1.807, 2.05) is 25.7 Å². The fourth-order valence-electron chi connectivity index (χ4n) is 2.44. The standard InChI is InChI=1S/C14H29N5O/c1-5-6-11(12(15)16)18-7-9-19(10-8-18)13(20)17-14(2,3)4/h11H,5-10H2,1-4H3,(H3,15,16)(H,17,20). The van der Waals surface area contributed by atoms with Crippen molar-refractivity contribution in [2.45, 2.75) is 52.1 Å². The molecule has 1 unspecified atom stereocenters. The highest BCUT2D eigenvalue weighted by Gasteiger charge is 2.28. The summed E-state index contributed by atoms with van der Waals surface area (Å²) in [5, 5.41) is 10.7. The van der Waals surface area contributed by atoms with Gasteiger partial charge in [-0.2, -0.15) is 0 Å². The number of urea groups is 1. The van der Waals surface area contributed by atoms with Gasteiger partial charge < -0.3 is 16.0 Å². The molecule has 20 heavy (non-hydrogen) atoms. The Morgan fingerprint density at radius 3 is 2.25 bits per heavy atom. The fourth-order valence-corrected chi connectivity index (χ4v) is 2.44. The molecule has 1 heterocycles. The highest BCUT2D eigenvalue weighted by atomic mass is 16.2. The molecule has 1 aliphatic rings. The van der Waals surface area contributed by atoms with Crippen LogP contribution in [-0.4, -0.2) is 59.4 Å². The molecule has 1 saturated heterocycles. The zero-order valence-corrected chi connectivity index (χ0v) is 13.2. The first-order valence-electron chi connectivity index (χ1n) is 7.39. The van der Waals surface area contributed by atoms with Crippen molar-refractivity contribution in [3.8, 4) is 0 Å². The number of amidine groups is 1. The van der Waals surface area contributed by atoms with Gasteiger partial charge in [0, 0.05) is 31.7 Å². The molecule has 0 spiro atoms. The molecular formula is C14H29N5O. The van der Waals surface area contributed by atoms with Crippen LogP contribution in [0, 0.1) is 5.41 Å². The summed E-state index contributed by atoms with van der Waals surface area (Å²) in [6, 6.07) is 0.0137. The van der Waals surface area contributed by atoms with Crippen LogP contribution in [0.25, 0.3) is 0 Å². The Morgan fingerprint density at radius 2 is 1.85 bits per heavy atom. The number of hydrogen-bond acceptors (Lipinski definition) is 3. The van der Waals surface area contributed by atoms with E-state index in [1.165, 1.54) is 0 Å². The van der Waals surface area contributed by atoms with E-state index in [4.69, 9.17) is 11.1 Å². The predicted octanol–water partition coefficient (Wildman–Crippen LogP) is 1.22. The SMILES string of the molecule is CCCC(C(=N)N)N1CCN(C(=O)NC(C)(C)C)CC1. The topological polar surface area (TPSA) is 85.5 Å². The lowest BCUT2D eigenvalue weighted by Gasteiger charge is -2.39. The number of nitrogens with one attached hydrogen (secondary N) is 2. The normalized spacial score (nSPS) is 18.7. The summed E-state index contributed by atoms with van der Waals surface area (Å²) in [6.07, 6.45) is 1.92. The van der Waals surface area contributed by atoms with E-state index in [-0.39, 0.29) is 23.4 Å². The number of nitrogens with zero attached hydrogens (tertiary/aromatic N) is 2. The lowest BCUT2D eigenvalue weighted by molar-refractivity contribution is 0.120. The molecule has 6 heteroatoms. The summed E-state index contributed by atoms with van der Waals surface area (Å²) in [5.74, 6) is 0.236. The van der Waals surface area contributed by atoms with Crippen molar-refractivity contribution >= 4 is 11.9 Å². The lowest BCUT2D eigenvalue weighted by Crippen LogP contribution is -2.58. The van der Waals surface area contributed by atoms with Gasteiger partial charge in [0.05, 0.1) is 6.04 Å². The maximum Gasteiger partial charge on any atom is 0.317 e. The molecule has 6 nitrogen and oxygen atoms in total. The van der Waals surface area contributed by atoms with Crippen LogP contribution in [0.1, 0.15) is 40.5 Å². The van der Waals surface area contributed by atoms with Gasteiger partial charge in [0.2, 0.25) is 0 Å². The van der Waals surface area contributed by atoms with Crippen molar-refractivity contribution in [2.75, 3.05) is 26.2 Å². The largest absolute Gasteiger partial charge is 0.386 e. The molecule has 0 aliphatic carbocycles. The Morgan fingerprint density at radius 1 is 1.30 bits per heavy atom. The van der Waals surface area contributed by atoms with Gasteiger partial charge in [-0.3, -0.25) is 10.3 Å². The first-order valence-corrected chi connectivity index (χ1v) is 7.39. The van der Waals surface area contributed by atoms with Crippen LogP contribution in [0.5, 0.6) is 0 Å². The van der Waals surface area contributed by atoms with Gasteiger partial charge in [-0.05, 0) is 27.2 Å². The van der Waals surface area contributed by atoms with E-state index in [0.29, 0.717) is 13.1 Å². The van der Waals surface area contributed by atoms with Crippen molar-refractivity contribution in [1.82, 2.24) is 15.1 Å². The predicted molar refractivity (Wildman–Crippen MR) is 82.0 cm³/mol. The quantitative estimate of drug-likeness (QED) is 0.535. The number of nitrogens with two attached hydrogens (primary N) is 1. The Balaban J connectivity index is 2.50. The van der Waals surface area contributed by atoms with Crippen LogP contribution in [0.4, 0.5) is 4.79 Å². The van der Waals surface area contributed by atoms with Gasteiger partial charge in [-0.1, -0.05) is 13.3 Å². The number of piperazine rings is 1. The molecule has 0 aromatic heterocycles. The van der Waals surface area contributed by atoms with E-state index >= 15 is 0 Å². The molecule has 0 bridgehead atoms. The van der Waals surface area contributed by atoms with E-state index in [2.05, 4.69) is 17.1 Å². The van der Waals surface area contributed by atoms with Crippen molar-refractivity contribution in [3.05, 3.63) is 0 Å². The van der Waals surface area contributed by atoms with Gasteiger partial charge in [0.25, 0.3) is 0 Å². The highest BCUT2D eigenvalue weighted by molar-refractivity contribution is 5.82. The van der Waals surface area contributed by atoms with Gasteiger partial charge >= 0.3 is 6.03 Å². The first kappa shape index (κ1) is 16.8. The number of carbonyl (C=O) groups excluding carboxylic acids is 1. The fraction of sp³-hybridized carbons (Fsp3) is 0.857. The number of hydrogen-bond donors (Lipinski definition) is 3. The number of carbonyl (C=O) groups is 1. The van der Waals surface area contributed by atoms with Crippen LogP contribution in [0.2, 0.25) is 0 Å². The third kappa shape index (κ3) is 5.00. The van der Waals surface area contributed by atoms with Gasteiger partial charge in [-0.25, -0.2) is 4.79 Å². The molecule has 0 saturated carbocycles. The van der Waals surface area contributed by atoms with Crippen LogP contribution in [-0.2, 0) is 0 Å². The Kier molecular flexibility index (Phi) is 5.80. The maximum atomic E-state index is 12.1. The molecule has 1 rings (SSSR count). The zero-order chi connectivity index (χ0) is 15.3. The summed E-state index contributed by atoms with van der Waals surface area (Å²) in [6.45, 7) is 11.0. The summed E-state index contributed by atoms with van der Waals surface area (Å²) < 4.78 is 0. The average molecular weight is 283 g/mol. The lowest BCUT2D eigenvalue weighted by atomic mass is 10.1. The van der Waals surface area contributed by atoms with E-state index in [0.717, 1.165) is 25.9 Å². The summed E-state index contributed by atoms with van der Waals surface area (Å²) in [4.78, 5) is 16.1. The van der Waals surface area contributed by atoms with Crippen molar-refractivity contribution in [2.24, 2.45) is 5.73 Å². The molecule has 0 radical (unpaired) electrons.